The smallest absolute Gasteiger partial charge is 0.383 e. The Morgan fingerprint density at radius 1 is 1.40 bits per heavy atom. The fourth-order valence-corrected chi connectivity index (χ4v) is 3.77. The van der Waals surface area contributed by atoms with Crippen molar-refractivity contribution in [2.75, 3.05) is 18.9 Å². The molecule has 2 unspecified atom stereocenters. The molecule has 134 valence electrons. The molecule has 1 aromatic heterocycles. The van der Waals surface area contributed by atoms with Gasteiger partial charge < -0.3 is 25.2 Å². The molecule has 11 heteroatoms. The zero-order valence-electron chi connectivity index (χ0n) is 13.2. The van der Waals surface area contributed by atoms with Gasteiger partial charge in [0.25, 0.3) is 0 Å². The third-order valence-electron chi connectivity index (χ3n) is 4.59. The number of phosphoric ester groups is 1. The highest BCUT2D eigenvalue weighted by Gasteiger charge is 2.38. The Morgan fingerprint density at radius 2 is 2.24 bits per heavy atom. The molecular formula is C14H18N5O5P. The first-order valence-corrected chi connectivity index (χ1v) is 9.36. The molecule has 1 aliphatic carbocycles. The average Bonchev–Trinajstić information content (AvgIpc) is 3.17. The summed E-state index contributed by atoms with van der Waals surface area (Å²) in [5, 5.41) is 1.59. The second-order valence-electron chi connectivity index (χ2n) is 6.22. The van der Waals surface area contributed by atoms with Crippen LogP contribution in [0.15, 0.2) is 11.3 Å². The first-order valence-electron chi connectivity index (χ1n) is 7.83. The van der Waals surface area contributed by atoms with E-state index >= 15 is 0 Å². The number of phosphoric acid groups is 1. The van der Waals surface area contributed by atoms with Crippen LogP contribution in [0.1, 0.15) is 6.42 Å². The quantitative estimate of drug-likeness (QED) is 0.514. The van der Waals surface area contributed by atoms with Gasteiger partial charge in [0.2, 0.25) is 0 Å². The van der Waals surface area contributed by atoms with Crippen molar-refractivity contribution in [2.45, 2.75) is 30.7 Å². The molecule has 1 saturated heterocycles. The minimum Gasteiger partial charge on any atom is -0.383 e. The SMILES string of the molecule is Nc1ncnc2c1=CC1N=CN([C@@H]3CO[C@H](COP(=O)(O)O)C3)C1C=2. The molecule has 0 saturated carbocycles. The Balaban J connectivity index is 1.49. The number of hydrogen-bond acceptors (Lipinski definition) is 8. The predicted octanol–water partition coefficient (Wildman–Crippen LogP) is -2.02. The van der Waals surface area contributed by atoms with Crippen LogP contribution in [0.3, 0.4) is 0 Å². The highest BCUT2D eigenvalue weighted by atomic mass is 31.2. The van der Waals surface area contributed by atoms with E-state index in [2.05, 4.69) is 24.4 Å². The van der Waals surface area contributed by atoms with E-state index < -0.39 is 7.82 Å². The third kappa shape index (κ3) is 3.31. The minimum atomic E-state index is -4.49. The number of nitrogens with zero attached hydrogens (tertiary/aromatic N) is 4. The summed E-state index contributed by atoms with van der Waals surface area (Å²) in [5.41, 5.74) is 5.90. The van der Waals surface area contributed by atoms with E-state index in [0.717, 1.165) is 10.6 Å². The van der Waals surface area contributed by atoms with Gasteiger partial charge in [-0.15, -0.1) is 0 Å². The number of nitrogen functional groups attached to an aromatic ring is 1. The average molecular weight is 367 g/mol. The second kappa shape index (κ2) is 6.15. The summed E-state index contributed by atoms with van der Waals surface area (Å²) in [4.78, 5) is 32.5. The van der Waals surface area contributed by atoms with Crippen molar-refractivity contribution in [3.63, 3.8) is 0 Å². The first kappa shape index (κ1) is 16.6. The highest BCUT2D eigenvalue weighted by Crippen LogP contribution is 2.37. The first-order chi connectivity index (χ1) is 11.9. The summed E-state index contributed by atoms with van der Waals surface area (Å²) in [6, 6.07) is -0.00226. The number of ether oxygens (including phenoxy) is 1. The van der Waals surface area contributed by atoms with Crippen molar-refractivity contribution in [3.8, 4) is 0 Å². The van der Waals surface area contributed by atoms with Crippen molar-refractivity contribution in [1.82, 2.24) is 14.9 Å². The molecular weight excluding hydrogens is 349 g/mol. The zero-order chi connectivity index (χ0) is 17.6. The van der Waals surface area contributed by atoms with Crippen molar-refractivity contribution >= 4 is 32.1 Å². The van der Waals surface area contributed by atoms with Gasteiger partial charge in [0.05, 0.1) is 49.1 Å². The summed E-state index contributed by atoms with van der Waals surface area (Å²) < 4.78 is 20.9. The Labute approximate surface area is 142 Å². The van der Waals surface area contributed by atoms with Gasteiger partial charge in [0.15, 0.2) is 0 Å². The molecule has 4 rings (SSSR count). The van der Waals surface area contributed by atoms with Gasteiger partial charge in [0, 0.05) is 5.22 Å². The van der Waals surface area contributed by atoms with Gasteiger partial charge in [-0.05, 0) is 18.6 Å². The number of rotatable bonds is 4. The Kier molecular flexibility index (Phi) is 4.09. The molecule has 3 heterocycles. The van der Waals surface area contributed by atoms with Gasteiger partial charge in [-0.3, -0.25) is 9.52 Å². The van der Waals surface area contributed by atoms with Crippen LogP contribution in [-0.2, 0) is 13.8 Å². The maximum atomic E-state index is 10.8. The van der Waals surface area contributed by atoms with Crippen LogP contribution < -0.4 is 16.3 Å². The second-order valence-corrected chi connectivity index (χ2v) is 7.45. The third-order valence-corrected chi connectivity index (χ3v) is 5.07. The van der Waals surface area contributed by atoms with E-state index in [0.29, 0.717) is 18.8 Å². The molecule has 1 fully saturated rings. The summed E-state index contributed by atoms with van der Waals surface area (Å²) in [5.74, 6) is 0.437. The number of aromatic nitrogens is 2. The predicted molar refractivity (Wildman–Crippen MR) is 88.7 cm³/mol. The lowest BCUT2D eigenvalue weighted by Gasteiger charge is -2.30. The van der Waals surface area contributed by atoms with E-state index in [1.54, 1.807) is 6.34 Å². The molecule has 0 spiro atoms. The van der Waals surface area contributed by atoms with Crippen molar-refractivity contribution in [2.24, 2.45) is 4.99 Å². The largest absolute Gasteiger partial charge is 0.469 e. The van der Waals surface area contributed by atoms with Crippen LogP contribution in [0.25, 0.3) is 12.2 Å². The summed E-state index contributed by atoms with van der Waals surface area (Å²) >= 11 is 0. The molecule has 10 nitrogen and oxygen atoms in total. The molecule has 1 aromatic rings. The lowest BCUT2D eigenvalue weighted by Crippen LogP contribution is -2.48. The lowest BCUT2D eigenvalue weighted by molar-refractivity contribution is 0.0524. The summed E-state index contributed by atoms with van der Waals surface area (Å²) in [6.45, 7) is 0.305. The maximum absolute atomic E-state index is 10.8. The minimum absolute atomic E-state index is 0.0110. The Bertz CT molecular complexity index is 871. The van der Waals surface area contributed by atoms with Gasteiger partial charge in [-0.1, -0.05) is 0 Å². The van der Waals surface area contributed by atoms with E-state index in [1.807, 2.05) is 12.2 Å². The number of hydrogen-bond donors (Lipinski definition) is 3. The van der Waals surface area contributed by atoms with Crippen LogP contribution in [0.4, 0.5) is 5.82 Å². The molecule has 2 aliphatic heterocycles. The Morgan fingerprint density at radius 3 is 3.04 bits per heavy atom. The molecule has 0 bridgehead atoms. The Hall–Kier alpha value is -1.84. The fourth-order valence-electron chi connectivity index (χ4n) is 3.41. The molecule has 0 aromatic carbocycles. The summed E-state index contributed by atoms with van der Waals surface area (Å²) in [7, 11) is -4.49. The standard InChI is InChI=1S/C14H18N5O5P/c15-14-10-2-12-13(3-11(10)16-6-17-14)19(7-18-12)8-1-9(23-4-8)5-24-25(20,21)22/h2-3,6-9,12-13H,1,4-5H2,(H2,15,16,17)(H2,20,21,22)/t8-,9-,12?,13?/m0/s1. The topological polar surface area (TPSA) is 143 Å². The maximum Gasteiger partial charge on any atom is 0.469 e. The van der Waals surface area contributed by atoms with Crippen LogP contribution >= 0.6 is 7.82 Å². The summed E-state index contributed by atoms with van der Waals surface area (Å²) in [6.07, 6.45) is 7.45. The fraction of sp³-hybridized carbons (Fsp3) is 0.500. The van der Waals surface area contributed by atoms with E-state index in [4.69, 9.17) is 20.3 Å². The normalized spacial score (nSPS) is 30.6. The molecule has 3 aliphatic rings. The number of nitrogens with two attached hydrogens (primary N) is 1. The van der Waals surface area contributed by atoms with Gasteiger partial charge in [-0.25, -0.2) is 14.5 Å². The van der Waals surface area contributed by atoms with Crippen molar-refractivity contribution < 1.29 is 23.6 Å². The van der Waals surface area contributed by atoms with Crippen LogP contribution in [0.5, 0.6) is 0 Å². The molecule has 0 amide bonds. The monoisotopic (exact) mass is 367 g/mol. The molecule has 4 atom stereocenters. The van der Waals surface area contributed by atoms with E-state index in [-0.39, 0.29) is 30.8 Å². The van der Waals surface area contributed by atoms with E-state index in [9.17, 15) is 4.57 Å². The van der Waals surface area contributed by atoms with Gasteiger partial charge >= 0.3 is 7.82 Å². The van der Waals surface area contributed by atoms with Gasteiger partial charge in [0.1, 0.15) is 12.1 Å². The molecule has 25 heavy (non-hydrogen) atoms. The molecule has 4 N–H and O–H groups in total. The van der Waals surface area contributed by atoms with Crippen molar-refractivity contribution in [1.29, 1.82) is 0 Å². The van der Waals surface area contributed by atoms with Crippen LogP contribution in [0, 0.1) is 0 Å². The number of fused-ring (bicyclic) bond motifs is 2. The van der Waals surface area contributed by atoms with Crippen molar-refractivity contribution in [3.05, 3.63) is 16.9 Å². The number of anilines is 1. The molecule has 0 radical (unpaired) electrons. The highest BCUT2D eigenvalue weighted by molar-refractivity contribution is 7.46. The number of aliphatic imine (C=N–C) groups is 1. The zero-order valence-corrected chi connectivity index (χ0v) is 14.1. The van der Waals surface area contributed by atoms with Crippen LogP contribution in [-0.4, -0.2) is 68.4 Å². The van der Waals surface area contributed by atoms with Crippen LogP contribution in [0.2, 0.25) is 0 Å². The van der Waals surface area contributed by atoms with E-state index in [1.165, 1.54) is 6.33 Å². The lowest BCUT2D eigenvalue weighted by atomic mass is 10.00. The van der Waals surface area contributed by atoms with Gasteiger partial charge in [-0.2, -0.15) is 0 Å².